The number of benzene rings is 2. The Balaban J connectivity index is 2.36. The highest BCUT2D eigenvalue weighted by Gasteiger charge is 2.07. The zero-order chi connectivity index (χ0) is 12.3. The maximum atomic E-state index is 11.2. The maximum Gasteiger partial charge on any atom is 0.218 e. The van der Waals surface area contributed by atoms with E-state index in [2.05, 4.69) is 0 Å². The normalized spacial score (nSPS) is 10.0. The van der Waals surface area contributed by atoms with Gasteiger partial charge in [-0.3, -0.25) is 9.69 Å². The fraction of sp³-hybridized carbons (Fsp3) is 0.0714. The van der Waals surface area contributed by atoms with E-state index in [4.69, 9.17) is 11.6 Å². The van der Waals surface area contributed by atoms with Gasteiger partial charge >= 0.3 is 0 Å². The largest absolute Gasteiger partial charge is 0.284 e. The van der Waals surface area contributed by atoms with E-state index in [1.165, 1.54) is 0 Å². The number of carbonyl (C=O) groups is 1. The second-order valence-electron chi connectivity index (χ2n) is 3.79. The third-order valence-corrected chi connectivity index (χ3v) is 2.77. The molecule has 0 radical (unpaired) electrons. The molecule has 0 aromatic heterocycles. The Morgan fingerprint density at radius 3 is 1.88 bits per heavy atom. The van der Waals surface area contributed by atoms with Gasteiger partial charge in [0.15, 0.2) is 0 Å². The summed E-state index contributed by atoms with van der Waals surface area (Å²) in [6, 6.07) is 14.9. The molecule has 0 saturated carbocycles. The Morgan fingerprint density at radius 2 is 1.41 bits per heavy atom. The van der Waals surface area contributed by atoms with Gasteiger partial charge in [-0.05, 0) is 43.3 Å². The number of rotatable bonds is 3. The van der Waals surface area contributed by atoms with Gasteiger partial charge in [0.2, 0.25) is 6.41 Å². The number of hydrogen-bond acceptors (Lipinski definition) is 1. The summed E-state index contributed by atoms with van der Waals surface area (Å²) >= 11 is 5.82. The van der Waals surface area contributed by atoms with Gasteiger partial charge in [-0.2, -0.15) is 0 Å². The molecule has 0 bridgehead atoms. The zero-order valence-corrected chi connectivity index (χ0v) is 10.2. The number of aryl methyl sites for hydroxylation is 1. The van der Waals surface area contributed by atoms with Crippen LogP contribution in [-0.4, -0.2) is 6.41 Å². The van der Waals surface area contributed by atoms with Crippen molar-refractivity contribution in [1.29, 1.82) is 0 Å². The summed E-state index contributed by atoms with van der Waals surface area (Å²) in [6.07, 6.45) is 0.800. The fourth-order valence-corrected chi connectivity index (χ4v) is 1.70. The second-order valence-corrected chi connectivity index (χ2v) is 4.22. The molecule has 1 amide bonds. The van der Waals surface area contributed by atoms with Gasteiger partial charge in [-0.15, -0.1) is 0 Å². The first-order valence-electron chi connectivity index (χ1n) is 5.27. The Labute approximate surface area is 105 Å². The smallest absolute Gasteiger partial charge is 0.218 e. The number of halogens is 1. The summed E-state index contributed by atoms with van der Waals surface area (Å²) in [6.45, 7) is 2.01. The summed E-state index contributed by atoms with van der Waals surface area (Å²) in [7, 11) is 0. The van der Waals surface area contributed by atoms with E-state index >= 15 is 0 Å². The molecule has 0 saturated heterocycles. The number of hydrogen-bond donors (Lipinski definition) is 0. The molecular formula is C14H12ClNO. The van der Waals surface area contributed by atoms with E-state index in [-0.39, 0.29) is 0 Å². The molecule has 3 heteroatoms. The molecule has 17 heavy (non-hydrogen) atoms. The molecule has 0 aliphatic heterocycles. The highest BCUT2D eigenvalue weighted by molar-refractivity contribution is 6.30. The van der Waals surface area contributed by atoms with Gasteiger partial charge in [0.05, 0.1) is 0 Å². The molecule has 2 nitrogen and oxygen atoms in total. The number of carbonyl (C=O) groups excluding carboxylic acids is 1. The predicted molar refractivity (Wildman–Crippen MR) is 70.8 cm³/mol. The lowest BCUT2D eigenvalue weighted by Crippen LogP contribution is -2.13. The van der Waals surface area contributed by atoms with E-state index in [0.717, 1.165) is 23.3 Å². The lowest BCUT2D eigenvalue weighted by Gasteiger charge is -2.17. The van der Waals surface area contributed by atoms with Gasteiger partial charge in [0.1, 0.15) is 0 Å². The molecule has 0 fully saturated rings. The Kier molecular flexibility index (Phi) is 3.45. The molecule has 0 heterocycles. The SMILES string of the molecule is Cc1ccc(N(C=O)c2ccc(Cl)cc2)cc1. The van der Waals surface area contributed by atoms with Gasteiger partial charge in [0, 0.05) is 16.4 Å². The van der Waals surface area contributed by atoms with Crippen LogP contribution in [0, 0.1) is 6.92 Å². The molecule has 0 aliphatic carbocycles. The van der Waals surface area contributed by atoms with E-state index in [9.17, 15) is 4.79 Å². The van der Waals surface area contributed by atoms with Crippen LogP contribution >= 0.6 is 11.6 Å². The van der Waals surface area contributed by atoms with E-state index in [1.807, 2.05) is 43.3 Å². The minimum Gasteiger partial charge on any atom is -0.284 e. The molecule has 2 aromatic rings. The summed E-state index contributed by atoms with van der Waals surface area (Å²) in [5.41, 5.74) is 2.80. The van der Waals surface area contributed by atoms with Crippen molar-refractivity contribution < 1.29 is 4.79 Å². The van der Waals surface area contributed by atoms with Crippen LogP contribution in [0.5, 0.6) is 0 Å². The predicted octanol–water partition coefficient (Wildman–Crippen LogP) is 3.94. The van der Waals surface area contributed by atoms with Crippen LogP contribution < -0.4 is 4.90 Å². The minimum atomic E-state index is 0.656. The van der Waals surface area contributed by atoms with Crippen molar-refractivity contribution in [2.75, 3.05) is 4.90 Å². The molecule has 0 aliphatic rings. The van der Waals surface area contributed by atoms with Crippen molar-refractivity contribution in [2.24, 2.45) is 0 Å². The first-order chi connectivity index (χ1) is 8.20. The highest BCUT2D eigenvalue weighted by Crippen LogP contribution is 2.25. The molecule has 2 rings (SSSR count). The van der Waals surface area contributed by atoms with Crippen molar-refractivity contribution in [3.05, 3.63) is 59.1 Å². The Bertz CT molecular complexity index is 459. The Morgan fingerprint density at radius 1 is 0.941 bits per heavy atom. The van der Waals surface area contributed by atoms with Gasteiger partial charge in [0.25, 0.3) is 0 Å². The third-order valence-electron chi connectivity index (χ3n) is 2.52. The lowest BCUT2D eigenvalue weighted by atomic mass is 10.2. The topological polar surface area (TPSA) is 20.3 Å². The second kappa shape index (κ2) is 5.02. The lowest BCUT2D eigenvalue weighted by molar-refractivity contribution is -0.106. The third kappa shape index (κ3) is 2.66. The molecule has 0 spiro atoms. The summed E-state index contributed by atoms with van der Waals surface area (Å²) < 4.78 is 0. The van der Waals surface area contributed by atoms with Crippen LogP contribution in [0.3, 0.4) is 0 Å². The summed E-state index contributed by atoms with van der Waals surface area (Å²) in [5.74, 6) is 0. The highest BCUT2D eigenvalue weighted by atomic mass is 35.5. The van der Waals surface area contributed by atoms with Crippen molar-refractivity contribution in [3.8, 4) is 0 Å². The van der Waals surface area contributed by atoms with Crippen molar-refractivity contribution in [3.63, 3.8) is 0 Å². The first kappa shape index (κ1) is 11.7. The average Bonchev–Trinajstić information content (AvgIpc) is 2.35. The van der Waals surface area contributed by atoms with Crippen LogP contribution in [0.2, 0.25) is 5.02 Å². The molecular weight excluding hydrogens is 234 g/mol. The number of amides is 1. The summed E-state index contributed by atoms with van der Waals surface area (Å²) in [4.78, 5) is 12.7. The van der Waals surface area contributed by atoms with Crippen LogP contribution in [0.4, 0.5) is 11.4 Å². The molecule has 0 unspecified atom stereocenters. The quantitative estimate of drug-likeness (QED) is 0.750. The molecule has 86 valence electrons. The zero-order valence-electron chi connectivity index (χ0n) is 9.43. The van der Waals surface area contributed by atoms with Gasteiger partial charge in [-0.1, -0.05) is 29.3 Å². The van der Waals surface area contributed by atoms with Crippen molar-refractivity contribution in [1.82, 2.24) is 0 Å². The monoisotopic (exact) mass is 245 g/mol. The molecule has 2 aromatic carbocycles. The van der Waals surface area contributed by atoms with Crippen LogP contribution in [0.1, 0.15) is 5.56 Å². The van der Waals surface area contributed by atoms with Crippen LogP contribution in [0.25, 0.3) is 0 Å². The number of anilines is 2. The van der Waals surface area contributed by atoms with Gasteiger partial charge < -0.3 is 0 Å². The minimum absolute atomic E-state index is 0.656. The maximum absolute atomic E-state index is 11.2. The average molecular weight is 246 g/mol. The number of nitrogens with zero attached hydrogens (tertiary/aromatic N) is 1. The van der Waals surface area contributed by atoms with Crippen molar-refractivity contribution >= 4 is 29.4 Å². The fourth-order valence-electron chi connectivity index (χ4n) is 1.58. The van der Waals surface area contributed by atoms with E-state index in [0.29, 0.717) is 5.02 Å². The van der Waals surface area contributed by atoms with E-state index < -0.39 is 0 Å². The molecule has 0 atom stereocenters. The Hall–Kier alpha value is -1.80. The standard InChI is InChI=1S/C14H12ClNO/c1-11-2-6-13(7-3-11)16(10-17)14-8-4-12(15)5-9-14/h2-10H,1H3. The summed E-state index contributed by atoms with van der Waals surface area (Å²) in [5, 5.41) is 0.656. The van der Waals surface area contributed by atoms with Crippen molar-refractivity contribution in [2.45, 2.75) is 6.92 Å². The van der Waals surface area contributed by atoms with E-state index in [1.54, 1.807) is 17.0 Å². The first-order valence-corrected chi connectivity index (χ1v) is 5.65. The van der Waals surface area contributed by atoms with Crippen LogP contribution in [0.15, 0.2) is 48.5 Å². The molecule has 0 N–H and O–H groups in total. The van der Waals surface area contributed by atoms with Crippen LogP contribution in [-0.2, 0) is 4.79 Å². The van der Waals surface area contributed by atoms with Gasteiger partial charge in [-0.25, -0.2) is 0 Å².